The Morgan fingerprint density at radius 1 is 1.50 bits per heavy atom. The molecule has 0 spiro atoms. The van der Waals surface area contributed by atoms with Crippen LogP contribution < -0.4 is 5.32 Å². The van der Waals surface area contributed by atoms with E-state index >= 15 is 0 Å². The minimum atomic E-state index is -0.652. The number of nitrogens with zero attached hydrogens (tertiary/aromatic N) is 2. The Bertz CT molecular complexity index is 698. The Morgan fingerprint density at radius 2 is 2.27 bits per heavy atom. The van der Waals surface area contributed by atoms with Gasteiger partial charge in [-0.1, -0.05) is 17.7 Å². The van der Waals surface area contributed by atoms with E-state index in [0.717, 1.165) is 24.1 Å². The SMILES string of the molecule is COC(=O)/C=C1/S/C(=N\N=Cc2c(F)cccc2Cl)NC1=O. The fourth-order valence-corrected chi connectivity index (χ4v) is 2.36. The predicted octanol–water partition coefficient (Wildman–Crippen LogP) is 2.09. The summed E-state index contributed by atoms with van der Waals surface area (Å²) >= 11 is 6.74. The zero-order chi connectivity index (χ0) is 16.1. The molecule has 0 atom stereocenters. The van der Waals surface area contributed by atoms with Crippen LogP contribution in [-0.4, -0.2) is 30.4 Å². The van der Waals surface area contributed by atoms with Gasteiger partial charge >= 0.3 is 5.97 Å². The molecule has 1 heterocycles. The van der Waals surface area contributed by atoms with Gasteiger partial charge in [-0.15, -0.1) is 5.10 Å². The maximum Gasteiger partial charge on any atom is 0.331 e. The maximum atomic E-state index is 13.5. The number of carbonyl (C=O) groups is 2. The van der Waals surface area contributed by atoms with Gasteiger partial charge in [-0.05, 0) is 23.9 Å². The summed E-state index contributed by atoms with van der Waals surface area (Å²) in [6, 6.07) is 4.23. The monoisotopic (exact) mass is 341 g/mol. The van der Waals surface area contributed by atoms with E-state index in [0.29, 0.717) is 0 Å². The number of methoxy groups -OCH3 is 1. The highest BCUT2D eigenvalue weighted by molar-refractivity contribution is 8.18. The predicted molar refractivity (Wildman–Crippen MR) is 82.3 cm³/mol. The van der Waals surface area contributed by atoms with E-state index in [9.17, 15) is 14.0 Å². The van der Waals surface area contributed by atoms with Crippen molar-refractivity contribution in [2.45, 2.75) is 0 Å². The topological polar surface area (TPSA) is 80.1 Å². The molecule has 0 saturated carbocycles. The van der Waals surface area contributed by atoms with Crippen molar-refractivity contribution in [3.05, 3.63) is 45.6 Å². The second-order valence-corrected chi connectivity index (χ2v) is 5.31. The average molecular weight is 342 g/mol. The molecule has 2 rings (SSSR count). The Hall–Kier alpha value is -2.19. The van der Waals surface area contributed by atoms with Crippen LogP contribution >= 0.6 is 23.4 Å². The van der Waals surface area contributed by atoms with Crippen LogP contribution in [-0.2, 0) is 14.3 Å². The molecule has 9 heteroatoms. The van der Waals surface area contributed by atoms with Crippen LogP contribution in [0.1, 0.15) is 5.56 Å². The van der Waals surface area contributed by atoms with Crippen molar-refractivity contribution in [1.29, 1.82) is 0 Å². The van der Waals surface area contributed by atoms with Gasteiger partial charge in [0.25, 0.3) is 5.91 Å². The van der Waals surface area contributed by atoms with Gasteiger partial charge in [-0.3, -0.25) is 10.1 Å². The number of esters is 1. The van der Waals surface area contributed by atoms with E-state index in [1.54, 1.807) is 0 Å². The molecule has 0 unspecified atom stereocenters. The largest absolute Gasteiger partial charge is 0.466 e. The third-order valence-corrected chi connectivity index (χ3v) is 3.67. The molecule has 1 aromatic carbocycles. The Kier molecular flexibility index (Phi) is 5.29. The second-order valence-electron chi connectivity index (χ2n) is 3.87. The minimum Gasteiger partial charge on any atom is -0.466 e. The summed E-state index contributed by atoms with van der Waals surface area (Å²) in [5, 5.41) is 10.2. The molecule has 0 aromatic heterocycles. The number of nitrogens with one attached hydrogen (secondary N) is 1. The van der Waals surface area contributed by atoms with E-state index in [1.807, 2.05) is 0 Å². The van der Waals surface area contributed by atoms with E-state index in [4.69, 9.17) is 11.6 Å². The molecular weight excluding hydrogens is 333 g/mol. The van der Waals surface area contributed by atoms with Crippen molar-refractivity contribution in [1.82, 2.24) is 5.32 Å². The number of halogens is 2. The number of thioether (sulfide) groups is 1. The van der Waals surface area contributed by atoms with Crippen LogP contribution in [0, 0.1) is 5.82 Å². The van der Waals surface area contributed by atoms with Gasteiger partial charge in [0.2, 0.25) is 0 Å². The van der Waals surface area contributed by atoms with Gasteiger partial charge in [0.15, 0.2) is 5.17 Å². The van der Waals surface area contributed by atoms with Crippen molar-refractivity contribution >= 4 is 46.6 Å². The van der Waals surface area contributed by atoms with Crippen LogP contribution in [0.4, 0.5) is 4.39 Å². The van der Waals surface area contributed by atoms with Crippen molar-refractivity contribution in [2.75, 3.05) is 7.11 Å². The minimum absolute atomic E-state index is 0.0909. The third-order valence-electron chi connectivity index (χ3n) is 2.44. The molecule has 1 aliphatic heterocycles. The number of rotatable bonds is 3. The maximum absolute atomic E-state index is 13.5. The van der Waals surface area contributed by atoms with Gasteiger partial charge in [0.05, 0.1) is 23.3 Å². The summed E-state index contributed by atoms with van der Waals surface area (Å²) < 4.78 is 17.9. The van der Waals surface area contributed by atoms with Crippen molar-refractivity contribution in [2.24, 2.45) is 10.2 Å². The zero-order valence-electron chi connectivity index (χ0n) is 11.2. The molecule has 1 aromatic rings. The lowest BCUT2D eigenvalue weighted by molar-refractivity contribution is -0.135. The molecule has 1 fully saturated rings. The first-order chi connectivity index (χ1) is 10.5. The fraction of sp³-hybridized carbons (Fsp3) is 0.0769. The van der Waals surface area contributed by atoms with E-state index in [-0.39, 0.29) is 20.7 Å². The van der Waals surface area contributed by atoms with Gasteiger partial charge in [0, 0.05) is 11.6 Å². The lowest BCUT2D eigenvalue weighted by Crippen LogP contribution is -2.19. The smallest absolute Gasteiger partial charge is 0.331 e. The summed E-state index contributed by atoms with van der Waals surface area (Å²) in [6.45, 7) is 0. The molecule has 0 bridgehead atoms. The number of hydrogen-bond donors (Lipinski definition) is 1. The highest BCUT2D eigenvalue weighted by Crippen LogP contribution is 2.23. The Balaban J connectivity index is 2.12. The summed E-state index contributed by atoms with van der Waals surface area (Å²) in [4.78, 5) is 22.8. The van der Waals surface area contributed by atoms with Crippen LogP contribution in [0.2, 0.25) is 5.02 Å². The summed E-state index contributed by atoms with van der Waals surface area (Å²) in [5.41, 5.74) is 0.0909. The molecule has 1 aliphatic rings. The Labute approximate surface area is 134 Å². The van der Waals surface area contributed by atoms with Crippen LogP contribution in [0.15, 0.2) is 39.4 Å². The van der Waals surface area contributed by atoms with Gasteiger partial charge in [-0.25, -0.2) is 9.18 Å². The second kappa shape index (κ2) is 7.19. The quantitative estimate of drug-likeness (QED) is 0.395. The number of benzene rings is 1. The van der Waals surface area contributed by atoms with Gasteiger partial charge < -0.3 is 4.74 Å². The number of carbonyl (C=O) groups excluding carboxylic acids is 2. The number of amides is 1. The van der Waals surface area contributed by atoms with Crippen LogP contribution in [0.5, 0.6) is 0 Å². The molecule has 114 valence electrons. The number of amidine groups is 1. The van der Waals surface area contributed by atoms with Crippen molar-refractivity contribution in [3.8, 4) is 0 Å². The molecule has 1 N–H and O–H groups in total. The van der Waals surface area contributed by atoms with Crippen LogP contribution in [0.25, 0.3) is 0 Å². The number of hydrogen-bond acceptors (Lipinski definition) is 6. The normalized spacial score (nSPS) is 18.2. The highest BCUT2D eigenvalue weighted by atomic mass is 35.5. The first-order valence-electron chi connectivity index (χ1n) is 5.85. The average Bonchev–Trinajstić information content (AvgIpc) is 2.82. The fourth-order valence-electron chi connectivity index (χ4n) is 1.41. The van der Waals surface area contributed by atoms with E-state index < -0.39 is 17.7 Å². The molecule has 22 heavy (non-hydrogen) atoms. The Morgan fingerprint density at radius 3 is 2.95 bits per heavy atom. The molecular formula is C13H9ClFN3O3S. The van der Waals surface area contributed by atoms with Gasteiger partial charge in [-0.2, -0.15) is 5.10 Å². The molecule has 1 amide bonds. The lowest BCUT2D eigenvalue weighted by Gasteiger charge is -1.97. The van der Waals surface area contributed by atoms with Gasteiger partial charge in [0.1, 0.15) is 5.82 Å². The molecule has 0 aliphatic carbocycles. The van der Waals surface area contributed by atoms with Crippen molar-refractivity contribution in [3.63, 3.8) is 0 Å². The van der Waals surface area contributed by atoms with E-state index in [1.165, 1.54) is 25.3 Å². The standard InChI is InChI=1S/C13H9ClFN3O3S/c1-21-11(19)5-10-12(20)17-13(22-10)18-16-6-7-8(14)3-2-4-9(7)15/h2-6H,1H3,(H,17,18,20)/b10-5+,16-6?. The van der Waals surface area contributed by atoms with Crippen LogP contribution in [0.3, 0.4) is 0 Å². The van der Waals surface area contributed by atoms with Crippen molar-refractivity contribution < 1.29 is 18.7 Å². The summed E-state index contributed by atoms with van der Waals surface area (Å²) in [6.07, 6.45) is 2.18. The highest BCUT2D eigenvalue weighted by Gasteiger charge is 2.25. The summed E-state index contributed by atoms with van der Waals surface area (Å²) in [5.74, 6) is -1.68. The molecule has 1 saturated heterocycles. The molecule has 0 radical (unpaired) electrons. The first kappa shape index (κ1) is 16.2. The summed E-state index contributed by atoms with van der Waals surface area (Å²) in [7, 11) is 1.20. The third kappa shape index (κ3) is 3.92. The zero-order valence-corrected chi connectivity index (χ0v) is 12.7. The molecule has 6 nitrogen and oxygen atoms in total. The first-order valence-corrected chi connectivity index (χ1v) is 7.04. The van der Waals surface area contributed by atoms with E-state index in [2.05, 4.69) is 20.3 Å². The number of ether oxygens (including phenoxy) is 1. The lowest BCUT2D eigenvalue weighted by atomic mass is 10.2.